The van der Waals surface area contributed by atoms with Crippen LogP contribution in [0.4, 0.5) is 10.5 Å². The number of hydrogen-bond acceptors (Lipinski definition) is 3. The third-order valence-corrected chi connectivity index (χ3v) is 4.06. The number of likely N-dealkylation sites (tertiary alicyclic amines) is 1. The Morgan fingerprint density at radius 3 is 2.67 bits per heavy atom. The molecule has 1 aromatic carbocycles. The number of anilines is 1. The lowest BCUT2D eigenvalue weighted by atomic mass is 10.0. The highest BCUT2D eigenvalue weighted by Gasteiger charge is 2.21. The fraction of sp³-hybridized carbons (Fsp3) is 0.579. The van der Waals surface area contributed by atoms with Crippen molar-refractivity contribution >= 4 is 17.7 Å². The molecule has 1 N–H and O–H groups in total. The van der Waals surface area contributed by atoms with Gasteiger partial charge in [0.1, 0.15) is 5.60 Å². The molecule has 1 unspecified atom stereocenters. The predicted octanol–water partition coefficient (Wildman–Crippen LogP) is 4.30. The average Bonchev–Trinajstić information content (AvgIpc) is 2.69. The van der Waals surface area contributed by atoms with Crippen LogP contribution in [-0.4, -0.2) is 35.6 Å². The van der Waals surface area contributed by atoms with Crippen molar-refractivity contribution in [3.63, 3.8) is 0 Å². The van der Waals surface area contributed by atoms with Gasteiger partial charge in [-0.25, -0.2) is 4.79 Å². The first kappa shape index (κ1) is 18.3. The first-order chi connectivity index (χ1) is 11.2. The first-order valence-electron chi connectivity index (χ1n) is 8.64. The van der Waals surface area contributed by atoms with Gasteiger partial charge in [0.05, 0.1) is 0 Å². The van der Waals surface area contributed by atoms with Crippen LogP contribution in [0.2, 0.25) is 0 Å². The van der Waals surface area contributed by atoms with Crippen molar-refractivity contribution in [2.24, 2.45) is 5.92 Å². The van der Waals surface area contributed by atoms with Crippen LogP contribution in [-0.2, 0) is 4.74 Å². The van der Waals surface area contributed by atoms with Crippen LogP contribution in [0, 0.1) is 5.92 Å². The molecule has 24 heavy (non-hydrogen) atoms. The Kier molecular flexibility index (Phi) is 5.86. The first-order valence-corrected chi connectivity index (χ1v) is 8.64. The van der Waals surface area contributed by atoms with E-state index in [-0.39, 0.29) is 5.91 Å². The number of hydrogen-bond donors (Lipinski definition) is 1. The molecule has 1 fully saturated rings. The van der Waals surface area contributed by atoms with Crippen molar-refractivity contribution in [1.82, 2.24) is 4.90 Å². The molecule has 132 valence electrons. The second-order valence-electron chi connectivity index (χ2n) is 7.54. The molecular weight excluding hydrogens is 304 g/mol. The number of carbonyl (C=O) groups excluding carboxylic acids is 2. The van der Waals surface area contributed by atoms with Crippen molar-refractivity contribution in [2.45, 2.75) is 52.6 Å². The van der Waals surface area contributed by atoms with E-state index in [9.17, 15) is 9.59 Å². The van der Waals surface area contributed by atoms with Crippen molar-refractivity contribution in [2.75, 3.05) is 18.4 Å². The highest BCUT2D eigenvalue weighted by molar-refractivity contribution is 5.96. The molecular formula is C19H28N2O3. The smallest absolute Gasteiger partial charge is 0.412 e. The quantitative estimate of drug-likeness (QED) is 0.878. The Hall–Kier alpha value is -2.04. The molecule has 0 saturated carbocycles. The molecule has 5 nitrogen and oxygen atoms in total. The minimum Gasteiger partial charge on any atom is -0.444 e. The maximum absolute atomic E-state index is 12.7. The van der Waals surface area contributed by atoms with Gasteiger partial charge >= 0.3 is 6.09 Å². The maximum Gasteiger partial charge on any atom is 0.412 e. The molecule has 0 radical (unpaired) electrons. The van der Waals surface area contributed by atoms with Gasteiger partial charge in [0, 0.05) is 24.3 Å². The summed E-state index contributed by atoms with van der Waals surface area (Å²) in [4.78, 5) is 26.5. The van der Waals surface area contributed by atoms with Gasteiger partial charge in [0.2, 0.25) is 0 Å². The van der Waals surface area contributed by atoms with Gasteiger partial charge in [-0.15, -0.1) is 0 Å². The lowest BCUT2D eigenvalue weighted by Crippen LogP contribution is -2.32. The van der Waals surface area contributed by atoms with Gasteiger partial charge in [-0.1, -0.05) is 13.0 Å². The summed E-state index contributed by atoms with van der Waals surface area (Å²) < 4.78 is 5.24. The minimum atomic E-state index is -0.555. The summed E-state index contributed by atoms with van der Waals surface area (Å²) in [6, 6.07) is 7.03. The van der Waals surface area contributed by atoms with E-state index in [4.69, 9.17) is 4.74 Å². The van der Waals surface area contributed by atoms with Gasteiger partial charge < -0.3 is 9.64 Å². The van der Waals surface area contributed by atoms with Crippen LogP contribution < -0.4 is 5.32 Å². The zero-order valence-electron chi connectivity index (χ0n) is 15.1. The summed E-state index contributed by atoms with van der Waals surface area (Å²) in [5.74, 6) is 0.694. The highest BCUT2D eigenvalue weighted by atomic mass is 16.6. The molecule has 0 aliphatic carbocycles. The maximum atomic E-state index is 12.7. The van der Waals surface area contributed by atoms with Gasteiger partial charge in [0.15, 0.2) is 0 Å². The molecule has 0 bridgehead atoms. The highest BCUT2D eigenvalue weighted by Crippen LogP contribution is 2.20. The van der Waals surface area contributed by atoms with Crippen molar-refractivity contribution in [3.05, 3.63) is 29.8 Å². The van der Waals surface area contributed by atoms with E-state index in [0.29, 0.717) is 17.2 Å². The fourth-order valence-electron chi connectivity index (χ4n) is 2.80. The molecule has 0 aromatic heterocycles. The third-order valence-electron chi connectivity index (χ3n) is 4.06. The number of amides is 2. The summed E-state index contributed by atoms with van der Waals surface area (Å²) in [6.45, 7) is 9.27. The number of carbonyl (C=O) groups is 2. The largest absolute Gasteiger partial charge is 0.444 e. The monoisotopic (exact) mass is 332 g/mol. The fourth-order valence-corrected chi connectivity index (χ4v) is 2.80. The minimum absolute atomic E-state index is 0.0249. The van der Waals surface area contributed by atoms with Crippen molar-refractivity contribution < 1.29 is 14.3 Å². The standard InChI is InChI=1S/C19H28N2O3/c1-14-7-6-11-21(12-10-14)17(22)15-8-5-9-16(13-15)20-18(23)24-19(2,3)4/h5,8-9,13-14H,6-7,10-12H2,1-4H3,(H,20,23). The van der Waals surface area contributed by atoms with Crippen LogP contribution in [0.1, 0.15) is 57.3 Å². The normalized spacial score (nSPS) is 18.7. The summed E-state index contributed by atoms with van der Waals surface area (Å²) >= 11 is 0. The summed E-state index contributed by atoms with van der Waals surface area (Å²) in [6.07, 6.45) is 2.74. The summed E-state index contributed by atoms with van der Waals surface area (Å²) in [5.41, 5.74) is 0.608. The van der Waals surface area contributed by atoms with Gasteiger partial charge in [0.25, 0.3) is 5.91 Å². The number of nitrogens with one attached hydrogen (secondary N) is 1. The molecule has 1 aromatic rings. The number of ether oxygens (including phenoxy) is 1. The van der Waals surface area contributed by atoms with E-state index in [1.807, 2.05) is 25.7 Å². The summed E-state index contributed by atoms with van der Waals surface area (Å²) in [7, 11) is 0. The van der Waals surface area contributed by atoms with Gasteiger partial charge in [-0.3, -0.25) is 10.1 Å². The van der Waals surface area contributed by atoms with E-state index in [1.165, 1.54) is 6.42 Å². The molecule has 2 amide bonds. The molecule has 1 heterocycles. The Bertz CT molecular complexity index is 593. The van der Waals surface area contributed by atoms with E-state index in [2.05, 4.69) is 12.2 Å². The Morgan fingerprint density at radius 2 is 1.96 bits per heavy atom. The second-order valence-corrected chi connectivity index (χ2v) is 7.54. The zero-order valence-corrected chi connectivity index (χ0v) is 15.1. The predicted molar refractivity (Wildman–Crippen MR) is 95.2 cm³/mol. The van der Waals surface area contributed by atoms with E-state index >= 15 is 0 Å². The Morgan fingerprint density at radius 1 is 1.21 bits per heavy atom. The zero-order chi connectivity index (χ0) is 17.7. The van der Waals surface area contributed by atoms with Crippen molar-refractivity contribution in [3.8, 4) is 0 Å². The van der Waals surface area contributed by atoms with E-state index < -0.39 is 11.7 Å². The van der Waals surface area contributed by atoms with Gasteiger partial charge in [-0.05, 0) is 64.2 Å². The van der Waals surface area contributed by atoms with Crippen LogP contribution in [0.5, 0.6) is 0 Å². The van der Waals surface area contributed by atoms with Crippen LogP contribution in [0.3, 0.4) is 0 Å². The number of nitrogens with zero attached hydrogens (tertiary/aromatic N) is 1. The lowest BCUT2D eigenvalue weighted by Gasteiger charge is -2.21. The van der Waals surface area contributed by atoms with E-state index in [0.717, 1.165) is 25.9 Å². The molecule has 1 atom stereocenters. The topological polar surface area (TPSA) is 58.6 Å². The van der Waals surface area contributed by atoms with Crippen LogP contribution in [0.25, 0.3) is 0 Å². The number of benzene rings is 1. The number of rotatable bonds is 2. The van der Waals surface area contributed by atoms with E-state index in [1.54, 1.807) is 24.3 Å². The average molecular weight is 332 g/mol. The Labute approximate surface area is 144 Å². The summed E-state index contributed by atoms with van der Waals surface area (Å²) in [5, 5.41) is 2.68. The van der Waals surface area contributed by atoms with Crippen LogP contribution in [0.15, 0.2) is 24.3 Å². The lowest BCUT2D eigenvalue weighted by molar-refractivity contribution is 0.0634. The molecule has 1 saturated heterocycles. The molecule has 0 spiro atoms. The second kappa shape index (κ2) is 7.69. The molecule has 2 rings (SSSR count). The molecule has 5 heteroatoms. The molecule has 1 aliphatic rings. The third kappa shape index (κ3) is 5.55. The Balaban J connectivity index is 2.03. The van der Waals surface area contributed by atoms with Crippen molar-refractivity contribution in [1.29, 1.82) is 0 Å². The molecule has 1 aliphatic heterocycles. The van der Waals surface area contributed by atoms with Gasteiger partial charge in [-0.2, -0.15) is 0 Å². The van der Waals surface area contributed by atoms with Crippen LogP contribution >= 0.6 is 0 Å². The SMILES string of the molecule is CC1CCCN(C(=O)c2cccc(NC(=O)OC(C)(C)C)c2)CC1.